The van der Waals surface area contributed by atoms with Crippen LogP contribution >= 0.6 is 23.1 Å². The molecule has 118 valence electrons. The molecule has 1 aliphatic heterocycles. The zero-order chi connectivity index (χ0) is 16.8. The summed E-state index contributed by atoms with van der Waals surface area (Å²) in [5.74, 6) is -1.17. The fraction of sp³-hybridized carbons (Fsp3) is 0.375. The van der Waals surface area contributed by atoms with E-state index in [1.165, 1.54) is 23.1 Å². The normalized spacial score (nSPS) is 20.4. The Hall–Kier alpha value is -2.09. The summed E-state index contributed by atoms with van der Waals surface area (Å²) in [5, 5.41) is 20.8. The second-order valence-electron chi connectivity index (χ2n) is 4.75. The first kappa shape index (κ1) is 17.3. The van der Waals surface area contributed by atoms with Crippen molar-refractivity contribution >= 4 is 34.8 Å². The van der Waals surface area contributed by atoms with E-state index in [1.807, 2.05) is 23.6 Å². The monoisotopic (exact) mass is 345 g/mol. The Bertz CT molecular complexity index is 723. The highest BCUT2D eigenvalue weighted by atomic mass is 32.2. The fourth-order valence-corrected chi connectivity index (χ4v) is 4.08. The van der Waals surface area contributed by atoms with E-state index in [9.17, 15) is 10.1 Å². The van der Waals surface area contributed by atoms with Crippen LogP contribution in [0.1, 0.15) is 24.6 Å². The van der Waals surface area contributed by atoms with E-state index >= 15 is 0 Å². The van der Waals surface area contributed by atoms with Crippen LogP contribution in [0.5, 0.6) is 0 Å². The highest BCUT2D eigenvalue weighted by Gasteiger charge is 2.40. The van der Waals surface area contributed by atoms with Crippen molar-refractivity contribution < 1.29 is 9.53 Å². The number of hydrogen-bond acceptors (Lipinski definition) is 7. The van der Waals surface area contributed by atoms with Crippen LogP contribution in [0.3, 0.4) is 0 Å². The zero-order valence-electron chi connectivity index (χ0n) is 12.8. The number of thioether (sulfide) groups is 1. The van der Waals surface area contributed by atoms with Gasteiger partial charge in [-0.25, -0.2) is 4.99 Å². The molecule has 2 atom stereocenters. The minimum Gasteiger partial charge on any atom is -0.465 e. The van der Waals surface area contributed by atoms with E-state index in [-0.39, 0.29) is 18.3 Å². The van der Waals surface area contributed by atoms with Crippen LogP contribution in [0.25, 0.3) is 0 Å². The van der Waals surface area contributed by atoms with Crippen molar-refractivity contribution in [1.29, 1.82) is 10.5 Å². The molecule has 0 amide bonds. The van der Waals surface area contributed by atoms with Crippen LogP contribution in [-0.2, 0) is 9.53 Å². The molecule has 0 saturated carbocycles. The summed E-state index contributed by atoms with van der Waals surface area (Å²) >= 11 is 2.72. The third kappa shape index (κ3) is 3.64. The number of nitrogens with zero attached hydrogens (tertiary/aromatic N) is 3. The maximum atomic E-state index is 12.4. The lowest BCUT2D eigenvalue weighted by Crippen LogP contribution is -2.33. The number of carbonyl (C=O) groups excluding carboxylic acids is 1. The summed E-state index contributed by atoms with van der Waals surface area (Å²) < 4.78 is 5.18. The van der Waals surface area contributed by atoms with Crippen LogP contribution in [0.2, 0.25) is 0 Å². The Balaban J connectivity index is 2.53. The first-order valence-electron chi connectivity index (χ1n) is 7.03. The van der Waals surface area contributed by atoms with Gasteiger partial charge >= 0.3 is 5.97 Å². The van der Waals surface area contributed by atoms with Crippen LogP contribution in [-0.4, -0.2) is 24.0 Å². The van der Waals surface area contributed by atoms with E-state index in [0.29, 0.717) is 16.3 Å². The maximum Gasteiger partial charge on any atom is 0.315 e. The van der Waals surface area contributed by atoms with Crippen LogP contribution in [0, 0.1) is 28.6 Å². The van der Waals surface area contributed by atoms with E-state index in [0.717, 1.165) is 4.88 Å². The molecule has 0 aliphatic carbocycles. The Morgan fingerprint density at radius 3 is 2.87 bits per heavy atom. The minimum absolute atomic E-state index is 0.207. The molecule has 7 heteroatoms. The molecule has 1 unspecified atom stereocenters. The number of thiophene rings is 1. The Morgan fingerprint density at radius 2 is 2.30 bits per heavy atom. The van der Waals surface area contributed by atoms with Gasteiger partial charge in [0, 0.05) is 16.5 Å². The molecule has 0 spiro atoms. The van der Waals surface area contributed by atoms with Crippen LogP contribution < -0.4 is 0 Å². The summed E-state index contributed by atoms with van der Waals surface area (Å²) in [6, 6.07) is 8.03. The average Bonchev–Trinajstić information content (AvgIpc) is 3.06. The molecular weight excluding hydrogens is 330 g/mol. The number of aliphatic imine (C=N–C) groups is 1. The van der Waals surface area contributed by atoms with Crippen molar-refractivity contribution in [2.75, 3.05) is 12.4 Å². The van der Waals surface area contributed by atoms with Crippen molar-refractivity contribution in [1.82, 2.24) is 0 Å². The van der Waals surface area contributed by atoms with Gasteiger partial charge in [-0.2, -0.15) is 10.5 Å². The number of hydrogen-bond donors (Lipinski definition) is 0. The third-order valence-corrected chi connectivity index (χ3v) is 5.20. The lowest BCUT2D eigenvalue weighted by atomic mass is 9.81. The lowest BCUT2D eigenvalue weighted by Gasteiger charge is -2.29. The van der Waals surface area contributed by atoms with Gasteiger partial charge in [-0.1, -0.05) is 17.8 Å². The molecule has 23 heavy (non-hydrogen) atoms. The Kier molecular flexibility index (Phi) is 5.97. The third-order valence-electron chi connectivity index (χ3n) is 3.39. The number of carbonyl (C=O) groups is 1. The maximum absolute atomic E-state index is 12.4. The van der Waals surface area contributed by atoms with Crippen molar-refractivity contribution in [2.45, 2.75) is 19.8 Å². The largest absolute Gasteiger partial charge is 0.465 e. The van der Waals surface area contributed by atoms with E-state index in [4.69, 9.17) is 10.00 Å². The van der Waals surface area contributed by atoms with Gasteiger partial charge in [0.25, 0.3) is 0 Å². The quantitative estimate of drug-likeness (QED) is 0.763. The first-order chi connectivity index (χ1) is 11.1. The van der Waals surface area contributed by atoms with Crippen molar-refractivity contribution in [3.8, 4) is 12.1 Å². The second kappa shape index (κ2) is 7.96. The molecule has 0 saturated heterocycles. The Labute approximate surface area is 143 Å². The molecule has 0 bridgehead atoms. The van der Waals surface area contributed by atoms with Crippen molar-refractivity contribution in [3.63, 3.8) is 0 Å². The fourth-order valence-electron chi connectivity index (χ4n) is 2.47. The van der Waals surface area contributed by atoms with Gasteiger partial charge in [0.1, 0.15) is 10.9 Å². The van der Waals surface area contributed by atoms with Crippen molar-refractivity contribution in [2.24, 2.45) is 10.9 Å². The molecule has 5 nitrogen and oxygen atoms in total. The topological polar surface area (TPSA) is 86.2 Å². The molecule has 0 radical (unpaired) electrons. The average molecular weight is 345 g/mol. The highest BCUT2D eigenvalue weighted by molar-refractivity contribution is 8.03. The van der Waals surface area contributed by atoms with Gasteiger partial charge in [0.2, 0.25) is 0 Å². The van der Waals surface area contributed by atoms with Crippen molar-refractivity contribution in [3.05, 3.63) is 33.0 Å². The van der Waals surface area contributed by atoms with Crippen LogP contribution in [0.4, 0.5) is 0 Å². The first-order valence-corrected chi connectivity index (χ1v) is 8.89. The number of esters is 1. The molecule has 1 aromatic rings. The van der Waals surface area contributed by atoms with Gasteiger partial charge in [0.15, 0.2) is 0 Å². The van der Waals surface area contributed by atoms with Gasteiger partial charge in [-0.05, 0) is 25.3 Å². The standard InChI is InChI=1S/C16H15N3O2S2/c1-3-21-16(20)13-10(2)19-15(23-8-6-17)11(9-18)14(13)12-5-4-7-22-12/h4-5,7,13-14H,3,8H2,1-2H3/t13?,14-/m1/s1. The molecule has 0 aromatic carbocycles. The number of allylic oxidation sites excluding steroid dienone is 1. The Morgan fingerprint density at radius 1 is 1.52 bits per heavy atom. The predicted molar refractivity (Wildman–Crippen MR) is 91.0 cm³/mol. The molecular formula is C16H15N3O2S2. The molecule has 2 rings (SSSR count). The lowest BCUT2D eigenvalue weighted by molar-refractivity contribution is -0.145. The number of rotatable bonds is 5. The minimum atomic E-state index is -0.602. The smallest absolute Gasteiger partial charge is 0.315 e. The number of ether oxygens (including phenoxy) is 1. The summed E-state index contributed by atoms with van der Waals surface area (Å²) in [4.78, 5) is 17.7. The summed E-state index contributed by atoms with van der Waals surface area (Å²) in [5.41, 5.74) is 1.04. The van der Waals surface area contributed by atoms with E-state index < -0.39 is 11.8 Å². The SMILES string of the molecule is CCOC(=O)C1C(C)=NC(SCC#N)=C(C#N)[C@@H]1c1cccs1. The molecule has 2 heterocycles. The van der Waals surface area contributed by atoms with E-state index in [2.05, 4.69) is 11.1 Å². The van der Waals surface area contributed by atoms with Crippen LogP contribution in [0.15, 0.2) is 33.1 Å². The van der Waals surface area contributed by atoms with Gasteiger partial charge in [-0.3, -0.25) is 4.79 Å². The van der Waals surface area contributed by atoms with E-state index in [1.54, 1.807) is 13.8 Å². The van der Waals surface area contributed by atoms with Gasteiger partial charge in [0.05, 0.1) is 30.1 Å². The number of nitriles is 2. The summed E-state index contributed by atoms with van der Waals surface area (Å²) in [6.07, 6.45) is 0. The van der Waals surface area contributed by atoms with Gasteiger partial charge < -0.3 is 4.74 Å². The summed E-state index contributed by atoms with van der Waals surface area (Å²) in [6.45, 7) is 3.80. The summed E-state index contributed by atoms with van der Waals surface area (Å²) in [7, 11) is 0. The predicted octanol–water partition coefficient (Wildman–Crippen LogP) is 3.48. The highest BCUT2D eigenvalue weighted by Crippen LogP contribution is 2.43. The molecule has 1 aliphatic rings. The molecule has 0 N–H and O–H groups in total. The molecule has 1 aromatic heterocycles. The second-order valence-corrected chi connectivity index (χ2v) is 6.70. The zero-order valence-corrected chi connectivity index (χ0v) is 14.4. The molecule has 0 fully saturated rings. The van der Waals surface area contributed by atoms with Gasteiger partial charge in [-0.15, -0.1) is 11.3 Å².